The van der Waals surface area contributed by atoms with Crippen molar-refractivity contribution in [3.63, 3.8) is 0 Å². The number of hydrogen-bond donors (Lipinski definition) is 0. The first-order chi connectivity index (χ1) is 11.5. The maximum atomic E-state index is 12.4. The lowest BCUT2D eigenvalue weighted by molar-refractivity contribution is -0.138. The molecule has 0 radical (unpaired) electrons. The van der Waals surface area contributed by atoms with Gasteiger partial charge in [-0.25, -0.2) is 4.98 Å². The molecule has 2 amide bonds. The molecule has 0 saturated carbocycles. The number of hydrogen-bond acceptors (Lipinski definition) is 4. The van der Waals surface area contributed by atoms with Crippen molar-refractivity contribution < 1.29 is 9.59 Å². The Morgan fingerprint density at radius 3 is 2.38 bits per heavy atom. The number of carbonyl (C=O) groups is 2. The predicted octanol–water partition coefficient (Wildman–Crippen LogP) is 2.70. The number of amides is 2. The molecular weight excluding hydrogens is 346 g/mol. The molecule has 1 aromatic heterocycles. The van der Waals surface area contributed by atoms with Crippen LogP contribution < -0.4 is 0 Å². The number of benzene rings is 1. The number of carbonyl (C=O) groups excluding carboxylic acids is 2. The fourth-order valence-corrected chi connectivity index (χ4v) is 3.60. The topological polar surface area (TPSA) is 53.5 Å². The molecule has 1 fully saturated rings. The van der Waals surface area contributed by atoms with Crippen LogP contribution in [0, 0.1) is 0 Å². The van der Waals surface area contributed by atoms with Gasteiger partial charge in [0.05, 0.1) is 12.1 Å². The first kappa shape index (κ1) is 16.9. The predicted molar refractivity (Wildman–Crippen MR) is 95.1 cm³/mol. The van der Waals surface area contributed by atoms with Gasteiger partial charge in [-0.2, -0.15) is 0 Å². The minimum absolute atomic E-state index is 0.0613. The Labute approximate surface area is 149 Å². The summed E-state index contributed by atoms with van der Waals surface area (Å²) < 4.78 is 0. The van der Waals surface area contributed by atoms with Crippen LogP contribution in [0.4, 0.5) is 0 Å². The van der Waals surface area contributed by atoms with Crippen molar-refractivity contribution in [3.8, 4) is 10.6 Å². The average molecular weight is 364 g/mol. The lowest BCUT2D eigenvalue weighted by Crippen LogP contribution is -2.50. The van der Waals surface area contributed by atoms with Gasteiger partial charge < -0.3 is 9.80 Å². The third-order valence-electron chi connectivity index (χ3n) is 4.05. The Morgan fingerprint density at radius 1 is 1.12 bits per heavy atom. The molecule has 1 aliphatic heterocycles. The van der Waals surface area contributed by atoms with E-state index in [1.165, 1.54) is 11.3 Å². The molecule has 0 spiro atoms. The molecule has 126 valence electrons. The summed E-state index contributed by atoms with van der Waals surface area (Å²) in [7, 11) is 0. The maximum Gasteiger partial charge on any atom is 0.228 e. The van der Waals surface area contributed by atoms with Crippen molar-refractivity contribution in [2.24, 2.45) is 0 Å². The largest absolute Gasteiger partial charge is 0.339 e. The Bertz CT molecular complexity index is 737. The van der Waals surface area contributed by atoms with Gasteiger partial charge in [-0.1, -0.05) is 23.7 Å². The van der Waals surface area contributed by atoms with Gasteiger partial charge in [0.25, 0.3) is 0 Å². The summed E-state index contributed by atoms with van der Waals surface area (Å²) in [5, 5.41) is 3.50. The normalized spacial score (nSPS) is 14.8. The zero-order valence-corrected chi connectivity index (χ0v) is 14.9. The number of piperazine rings is 1. The second kappa shape index (κ2) is 7.32. The standard InChI is InChI=1S/C17H18ClN3O2S/c1-12(22)20-6-8-21(9-7-20)16(23)10-15-11-24-17(19-15)13-2-4-14(18)5-3-13/h2-5,11H,6-10H2,1H3. The number of thiazole rings is 1. The molecule has 0 unspecified atom stereocenters. The zero-order chi connectivity index (χ0) is 17.1. The number of aromatic nitrogens is 1. The molecular formula is C17H18ClN3O2S. The first-order valence-electron chi connectivity index (χ1n) is 7.76. The summed E-state index contributed by atoms with van der Waals surface area (Å²) in [6.07, 6.45) is 0.296. The molecule has 1 aromatic carbocycles. The van der Waals surface area contributed by atoms with Crippen LogP contribution in [-0.2, 0) is 16.0 Å². The lowest BCUT2D eigenvalue weighted by atomic mass is 10.2. The van der Waals surface area contributed by atoms with Gasteiger partial charge in [0.1, 0.15) is 5.01 Å². The highest BCUT2D eigenvalue weighted by Gasteiger charge is 2.22. The van der Waals surface area contributed by atoms with E-state index >= 15 is 0 Å². The van der Waals surface area contributed by atoms with E-state index in [0.717, 1.165) is 16.3 Å². The van der Waals surface area contributed by atoms with E-state index in [2.05, 4.69) is 4.98 Å². The van der Waals surface area contributed by atoms with Gasteiger partial charge in [0, 0.05) is 49.1 Å². The Balaban J connectivity index is 1.59. The first-order valence-corrected chi connectivity index (χ1v) is 9.02. The molecule has 24 heavy (non-hydrogen) atoms. The molecule has 3 rings (SSSR count). The van der Waals surface area contributed by atoms with Gasteiger partial charge in [-0.3, -0.25) is 9.59 Å². The second-order valence-electron chi connectivity index (χ2n) is 5.71. The molecule has 7 heteroatoms. The van der Waals surface area contributed by atoms with E-state index in [0.29, 0.717) is 37.6 Å². The van der Waals surface area contributed by atoms with Crippen molar-refractivity contribution in [1.82, 2.24) is 14.8 Å². The van der Waals surface area contributed by atoms with Crippen LogP contribution in [-0.4, -0.2) is 52.8 Å². The van der Waals surface area contributed by atoms with Gasteiger partial charge in [-0.05, 0) is 12.1 Å². The molecule has 1 aliphatic rings. The molecule has 1 saturated heterocycles. The fourth-order valence-electron chi connectivity index (χ4n) is 2.65. The summed E-state index contributed by atoms with van der Waals surface area (Å²) in [6.45, 7) is 3.95. The molecule has 2 aromatic rings. The van der Waals surface area contributed by atoms with Crippen LogP contribution >= 0.6 is 22.9 Å². The highest BCUT2D eigenvalue weighted by Crippen LogP contribution is 2.25. The minimum Gasteiger partial charge on any atom is -0.339 e. The molecule has 2 heterocycles. The van der Waals surface area contributed by atoms with Crippen molar-refractivity contribution in [1.29, 1.82) is 0 Å². The number of rotatable bonds is 3. The van der Waals surface area contributed by atoms with Crippen molar-refractivity contribution in [2.45, 2.75) is 13.3 Å². The smallest absolute Gasteiger partial charge is 0.228 e. The Hall–Kier alpha value is -1.92. The van der Waals surface area contributed by atoms with E-state index in [1.807, 2.05) is 29.6 Å². The van der Waals surface area contributed by atoms with Gasteiger partial charge in [0.15, 0.2) is 0 Å². The molecule has 0 aliphatic carbocycles. The van der Waals surface area contributed by atoms with Crippen molar-refractivity contribution in [3.05, 3.63) is 40.4 Å². The quantitative estimate of drug-likeness (QED) is 0.842. The molecule has 5 nitrogen and oxygen atoms in total. The molecule has 0 N–H and O–H groups in total. The van der Waals surface area contributed by atoms with Gasteiger partial charge in [0.2, 0.25) is 11.8 Å². The third kappa shape index (κ3) is 3.94. The summed E-state index contributed by atoms with van der Waals surface area (Å²) in [6, 6.07) is 7.51. The van der Waals surface area contributed by atoms with Crippen LogP contribution in [0.2, 0.25) is 5.02 Å². The summed E-state index contributed by atoms with van der Waals surface area (Å²) in [4.78, 5) is 31.9. The third-order valence-corrected chi connectivity index (χ3v) is 5.25. The van der Waals surface area contributed by atoms with Crippen LogP contribution in [0.3, 0.4) is 0 Å². The number of halogens is 1. The minimum atomic E-state index is 0.0613. The molecule has 0 bridgehead atoms. The van der Waals surface area contributed by atoms with E-state index in [1.54, 1.807) is 16.7 Å². The highest BCUT2D eigenvalue weighted by molar-refractivity contribution is 7.13. The fraction of sp³-hybridized carbons (Fsp3) is 0.353. The van der Waals surface area contributed by atoms with Crippen molar-refractivity contribution >= 4 is 34.8 Å². The van der Waals surface area contributed by atoms with E-state index < -0.39 is 0 Å². The van der Waals surface area contributed by atoms with Crippen LogP contribution in [0.15, 0.2) is 29.6 Å². The van der Waals surface area contributed by atoms with E-state index in [-0.39, 0.29) is 11.8 Å². The second-order valence-corrected chi connectivity index (χ2v) is 7.01. The zero-order valence-electron chi connectivity index (χ0n) is 13.4. The summed E-state index contributed by atoms with van der Waals surface area (Å²) >= 11 is 7.42. The number of nitrogens with zero attached hydrogens (tertiary/aromatic N) is 3. The van der Waals surface area contributed by atoms with Gasteiger partial charge in [-0.15, -0.1) is 11.3 Å². The van der Waals surface area contributed by atoms with Gasteiger partial charge >= 0.3 is 0 Å². The highest BCUT2D eigenvalue weighted by atomic mass is 35.5. The maximum absolute atomic E-state index is 12.4. The summed E-state index contributed by atoms with van der Waals surface area (Å²) in [5.41, 5.74) is 1.78. The van der Waals surface area contributed by atoms with Crippen molar-refractivity contribution in [2.75, 3.05) is 26.2 Å². The lowest BCUT2D eigenvalue weighted by Gasteiger charge is -2.34. The Morgan fingerprint density at radius 2 is 1.75 bits per heavy atom. The SMILES string of the molecule is CC(=O)N1CCN(C(=O)Cc2csc(-c3ccc(Cl)cc3)n2)CC1. The van der Waals surface area contributed by atoms with Crippen LogP contribution in [0.1, 0.15) is 12.6 Å². The summed E-state index contributed by atoms with van der Waals surface area (Å²) in [5.74, 6) is 0.125. The monoisotopic (exact) mass is 363 g/mol. The van der Waals surface area contributed by atoms with E-state index in [9.17, 15) is 9.59 Å². The Kier molecular flexibility index (Phi) is 5.16. The van der Waals surface area contributed by atoms with E-state index in [4.69, 9.17) is 11.6 Å². The van der Waals surface area contributed by atoms with Crippen LogP contribution in [0.5, 0.6) is 0 Å². The molecule has 0 atom stereocenters. The van der Waals surface area contributed by atoms with Crippen LogP contribution in [0.25, 0.3) is 10.6 Å². The average Bonchev–Trinajstić information content (AvgIpc) is 3.04.